The zero-order valence-electron chi connectivity index (χ0n) is 8.42. The Balaban J connectivity index is 2.87. The van der Waals surface area contributed by atoms with Crippen LogP contribution in [0.3, 0.4) is 0 Å². The van der Waals surface area contributed by atoms with Crippen LogP contribution in [0.5, 0.6) is 0 Å². The van der Waals surface area contributed by atoms with Gasteiger partial charge in [0, 0.05) is 17.4 Å². The Morgan fingerprint density at radius 1 is 1.53 bits per heavy atom. The van der Waals surface area contributed by atoms with Crippen molar-refractivity contribution in [1.29, 1.82) is 0 Å². The van der Waals surface area contributed by atoms with Gasteiger partial charge in [0.15, 0.2) is 0 Å². The second-order valence-electron chi connectivity index (χ2n) is 3.22. The average Bonchev–Trinajstić information content (AvgIpc) is 2.25. The van der Waals surface area contributed by atoms with Crippen molar-refractivity contribution in [3.8, 4) is 0 Å². The summed E-state index contributed by atoms with van der Waals surface area (Å²) in [5.74, 6) is 0.801. The minimum Gasteiger partial charge on any atom is -0.386 e. The highest BCUT2D eigenvalue weighted by Crippen LogP contribution is 2.28. The van der Waals surface area contributed by atoms with Gasteiger partial charge < -0.3 is 5.11 Å². The van der Waals surface area contributed by atoms with E-state index < -0.39 is 0 Å². The van der Waals surface area contributed by atoms with Crippen LogP contribution in [0.15, 0.2) is 24.3 Å². The molecule has 5 heteroatoms. The van der Waals surface area contributed by atoms with Crippen molar-refractivity contribution < 1.29 is 10.0 Å². The van der Waals surface area contributed by atoms with E-state index in [9.17, 15) is 10.1 Å². The first-order chi connectivity index (χ1) is 7.16. The molecule has 15 heavy (non-hydrogen) atoms. The first-order valence-electron chi connectivity index (χ1n) is 4.58. The molecule has 0 aliphatic rings. The van der Waals surface area contributed by atoms with E-state index in [0.717, 1.165) is 5.56 Å². The van der Waals surface area contributed by atoms with Gasteiger partial charge in [-0.05, 0) is 5.92 Å². The van der Waals surface area contributed by atoms with Crippen LogP contribution in [-0.4, -0.2) is 21.7 Å². The molecule has 1 aromatic carbocycles. The Morgan fingerprint density at radius 2 is 2.20 bits per heavy atom. The van der Waals surface area contributed by atoms with Crippen LogP contribution in [0, 0.1) is 10.1 Å². The van der Waals surface area contributed by atoms with Gasteiger partial charge in [-0.15, -0.1) is 11.8 Å². The summed E-state index contributed by atoms with van der Waals surface area (Å²) in [5, 5.41) is 19.4. The van der Waals surface area contributed by atoms with Crippen LogP contribution in [-0.2, 0) is 0 Å². The number of para-hydroxylation sites is 1. The lowest BCUT2D eigenvalue weighted by atomic mass is 10.0. The monoisotopic (exact) mass is 227 g/mol. The summed E-state index contributed by atoms with van der Waals surface area (Å²) in [6, 6.07) is 6.73. The Kier molecular flexibility index (Phi) is 4.58. The lowest BCUT2D eigenvalue weighted by molar-refractivity contribution is -0.385. The molecule has 0 fully saturated rings. The van der Waals surface area contributed by atoms with Crippen LogP contribution in [0.4, 0.5) is 5.69 Å². The van der Waals surface area contributed by atoms with Crippen molar-refractivity contribution >= 4 is 17.4 Å². The molecule has 1 unspecified atom stereocenters. The molecule has 1 atom stereocenters. The van der Waals surface area contributed by atoms with E-state index in [1.165, 1.54) is 17.8 Å². The van der Waals surface area contributed by atoms with Gasteiger partial charge in [-0.3, -0.25) is 10.1 Å². The fraction of sp³-hybridized carbons (Fsp3) is 0.400. The zero-order chi connectivity index (χ0) is 11.3. The molecule has 1 rings (SSSR count). The van der Waals surface area contributed by atoms with E-state index in [4.69, 9.17) is 5.11 Å². The standard InChI is InChI=1S/C10H13NO3S/c1-8(6-15-7-12)9-4-2-3-5-10(9)11(13)14/h2-5,8,12H,6-7H2,1H3. The molecule has 1 aromatic rings. The van der Waals surface area contributed by atoms with Crippen LogP contribution in [0.2, 0.25) is 0 Å². The first-order valence-corrected chi connectivity index (χ1v) is 5.74. The Labute approximate surface area is 92.5 Å². The summed E-state index contributed by atoms with van der Waals surface area (Å²) in [4.78, 5) is 10.4. The van der Waals surface area contributed by atoms with Crippen molar-refractivity contribution in [3.05, 3.63) is 39.9 Å². The van der Waals surface area contributed by atoms with Gasteiger partial charge >= 0.3 is 0 Å². The van der Waals surface area contributed by atoms with E-state index in [1.807, 2.05) is 6.92 Å². The summed E-state index contributed by atoms with van der Waals surface area (Å²) in [6.45, 7) is 1.92. The van der Waals surface area contributed by atoms with Gasteiger partial charge in [0.25, 0.3) is 5.69 Å². The van der Waals surface area contributed by atoms with Gasteiger partial charge in [0.1, 0.15) is 0 Å². The number of thioether (sulfide) groups is 1. The number of nitro groups is 1. The smallest absolute Gasteiger partial charge is 0.272 e. The molecule has 82 valence electrons. The largest absolute Gasteiger partial charge is 0.386 e. The molecule has 0 amide bonds. The molecule has 0 aliphatic carbocycles. The molecule has 1 N–H and O–H groups in total. The summed E-state index contributed by atoms with van der Waals surface area (Å²) < 4.78 is 0. The van der Waals surface area contributed by atoms with Gasteiger partial charge in [-0.25, -0.2) is 0 Å². The molecule has 0 saturated heterocycles. The van der Waals surface area contributed by atoms with E-state index in [1.54, 1.807) is 18.2 Å². The van der Waals surface area contributed by atoms with Crippen LogP contribution < -0.4 is 0 Å². The molecule has 0 bridgehead atoms. The third-order valence-electron chi connectivity index (χ3n) is 2.12. The number of aliphatic hydroxyl groups excluding tert-OH is 1. The molecule has 0 saturated carbocycles. The summed E-state index contributed by atoms with van der Waals surface area (Å²) in [7, 11) is 0. The minimum atomic E-state index is -0.366. The molecule has 4 nitrogen and oxygen atoms in total. The predicted molar refractivity (Wildman–Crippen MR) is 61.1 cm³/mol. The lowest BCUT2D eigenvalue weighted by Crippen LogP contribution is -2.02. The molecule has 0 heterocycles. The van der Waals surface area contributed by atoms with Crippen LogP contribution >= 0.6 is 11.8 Å². The molecule has 0 radical (unpaired) electrons. The highest BCUT2D eigenvalue weighted by atomic mass is 32.2. The summed E-state index contributed by atoms with van der Waals surface area (Å²) in [5.41, 5.74) is 0.881. The van der Waals surface area contributed by atoms with Crippen molar-refractivity contribution in [1.82, 2.24) is 0 Å². The Hall–Kier alpha value is -1.07. The Morgan fingerprint density at radius 3 is 2.80 bits per heavy atom. The minimum absolute atomic E-state index is 0.0466. The van der Waals surface area contributed by atoms with Crippen molar-refractivity contribution in [3.63, 3.8) is 0 Å². The van der Waals surface area contributed by atoms with Crippen molar-refractivity contribution in [2.24, 2.45) is 0 Å². The molecule has 0 aromatic heterocycles. The number of nitro benzene ring substituents is 1. The van der Waals surface area contributed by atoms with Crippen LogP contribution in [0.1, 0.15) is 18.4 Å². The average molecular weight is 227 g/mol. The van der Waals surface area contributed by atoms with Gasteiger partial charge in [-0.1, -0.05) is 25.1 Å². The van der Waals surface area contributed by atoms with E-state index in [0.29, 0.717) is 5.75 Å². The highest BCUT2D eigenvalue weighted by molar-refractivity contribution is 7.99. The fourth-order valence-corrected chi connectivity index (χ4v) is 2.03. The third-order valence-corrected chi connectivity index (χ3v) is 3.04. The first kappa shape index (κ1) is 12.0. The molecule has 0 aliphatic heterocycles. The van der Waals surface area contributed by atoms with Crippen molar-refractivity contribution in [2.45, 2.75) is 12.8 Å². The zero-order valence-corrected chi connectivity index (χ0v) is 9.24. The number of hydrogen-bond donors (Lipinski definition) is 1. The van der Waals surface area contributed by atoms with Gasteiger partial charge in [0.05, 0.1) is 10.9 Å². The lowest BCUT2D eigenvalue weighted by Gasteiger charge is -2.10. The maximum Gasteiger partial charge on any atom is 0.272 e. The number of hydrogen-bond acceptors (Lipinski definition) is 4. The topological polar surface area (TPSA) is 63.4 Å². The summed E-state index contributed by atoms with van der Waals surface area (Å²) >= 11 is 1.36. The van der Waals surface area contributed by atoms with E-state index in [-0.39, 0.29) is 22.5 Å². The second kappa shape index (κ2) is 5.72. The van der Waals surface area contributed by atoms with Crippen molar-refractivity contribution in [2.75, 3.05) is 11.7 Å². The molecular formula is C10H13NO3S. The maximum absolute atomic E-state index is 10.7. The fourth-order valence-electron chi connectivity index (χ4n) is 1.39. The number of rotatable bonds is 5. The van der Waals surface area contributed by atoms with E-state index >= 15 is 0 Å². The number of aliphatic hydroxyl groups is 1. The SMILES string of the molecule is CC(CSCO)c1ccccc1[N+](=O)[O-]. The Bertz CT molecular complexity index is 343. The van der Waals surface area contributed by atoms with Gasteiger partial charge in [-0.2, -0.15) is 0 Å². The normalized spacial score (nSPS) is 12.4. The van der Waals surface area contributed by atoms with Crippen LogP contribution in [0.25, 0.3) is 0 Å². The van der Waals surface area contributed by atoms with E-state index in [2.05, 4.69) is 0 Å². The van der Waals surface area contributed by atoms with Gasteiger partial charge in [0.2, 0.25) is 0 Å². The highest BCUT2D eigenvalue weighted by Gasteiger charge is 2.17. The summed E-state index contributed by atoms with van der Waals surface area (Å²) in [6.07, 6.45) is 0. The molecule has 0 spiro atoms. The second-order valence-corrected chi connectivity index (χ2v) is 4.22. The maximum atomic E-state index is 10.7. The number of benzene rings is 1. The predicted octanol–water partition coefficient (Wildman–Crippen LogP) is 2.38. The number of nitrogens with zero attached hydrogens (tertiary/aromatic N) is 1. The quantitative estimate of drug-likeness (QED) is 0.476. The molecular weight excluding hydrogens is 214 g/mol. The third kappa shape index (κ3) is 3.21.